The van der Waals surface area contributed by atoms with Gasteiger partial charge in [-0.2, -0.15) is 5.10 Å². The van der Waals surface area contributed by atoms with Gasteiger partial charge in [-0.3, -0.25) is 0 Å². The van der Waals surface area contributed by atoms with Crippen LogP contribution in [0.25, 0.3) is 0 Å². The molecule has 1 fully saturated rings. The van der Waals surface area contributed by atoms with Gasteiger partial charge in [-0.05, 0) is 51.3 Å². The summed E-state index contributed by atoms with van der Waals surface area (Å²) in [6.07, 6.45) is 7.05. The Morgan fingerprint density at radius 2 is 1.83 bits per heavy atom. The maximum Gasteiger partial charge on any atom is 0.148 e. The fourth-order valence-electron chi connectivity index (χ4n) is 2.56. The number of hydrogen-bond acceptors (Lipinski definition) is 4. The van der Waals surface area contributed by atoms with Crippen molar-refractivity contribution in [1.82, 2.24) is 15.5 Å². The summed E-state index contributed by atoms with van der Waals surface area (Å²) >= 11 is 0. The fraction of sp³-hybridized carbons (Fsp3) is 0.714. The summed E-state index contributed by atoms with van der Waals surface area (Å²) in [7, 11) is 2.05. The lowest BCUT2D eigenvalue weighted by molar-refractivity contribution is 0.371. The van der Waals surface area contributed by atoms with Crippen LogP contribution >= 0.6 is 0 Å². The van der Waals surface area contributed by atoms with E-state index in [1.54, 1.807) is 0 Å². The second-order valence-corrected chi connectivity index (χ2v) is 5.14. The highest BCUT2D eigenvalue weighted by atomic mass is 15.2. The Bertz CT molecular complexity index is 341. The molecule has 100 valence electrons. The SMILES string of the molecule is CCCc1ccc(NC2CCC(NC)CC2)nn1. The highest BCUT2D eigenvalue weighted by molar-refractivity contribution is 5.34. The van der Waals surface area contributed by atoms with Crippen LogP contribution in [0.4, 0.5) is 5.82 Å². The summed E-state index contributed by atoms with van der Waals surface area (Å²) in [6.45, 7) is 2.16. The van der Waals surface area contributed by atoms with Gasteiger partial charge in [-0.1, -0.05) is 13.3 Å². The number of nitrogens with one attached hydrogen (secondary N) is 2. The highest BCUT2D eigenvalue weighted by Crippen LogP contribution is 2.21. The fourth-order valence-corrected chi connectivity index (χ4v) is 2.56. The standard InChI is InChI=1S/C14H24N4/c1-3-4-13-9-10-14(18-17-13)16-12-7-5-11(15-2)6-8-12/h9-12,15H,3-8H2,1-2H3,(H,16,18). The molecule has 1 saturated carbocycles. The number of rotatable bonds is 5. The zero-order valence-electron chi connectivity index (χ0n) is 11.4. The molecular formula is C14H24N4. The van der Waals surface area contributed by atoms with Gasteiger partial charge in [0.2, 0.25) is 0 Å². The van der Waals surface area contributed by atoms with Crippen LogP contribution in [0.15, 0.2) is 12.1 Å². The van der Waals surface area contributed by atoms with Crippen molar-refractivity contribution in [2.45, 2.75) is 57.5 Å². The predicted molar refractivity (Wildman–Crippen MR) is 74.8 cm³/mol. The molecule has 0 bridgehead atoms. The van der Waals surface area contributed by atoms with E-state index in [4.69, 9.17) is 0 Å². The lowest BCUT2D eigenvalue weighted by Crippen LogP contribution is -2.35. The van der Waals surface area contributed by atoms with E-state index in [2.05, 4.69) is 46.9 Å². The Hall–Kier alpha value is -1.16. The van der Waals surface area contributed by atoms with Gasteiger partial charge in [0.1, 0.15) is 5.82 Å². The third-order valence-corrected chi connectivity index (χ3v) is 3.71. The first-order valence-electron chi connectivity index (χ1n) is 7.08. The first-order chi connectivity index (χ1) is 8.81. The molecule has 0 radical (unpaired) electrons. The number of anilines is 1. The van der Waals surface area contributed by atoms with Crippen LogP contribution in [0.3, 0.4) is 0 Å². The van der Waals surface area contributed by atoms with Crippen LogP contribution in [0.1, 0.15) is 44.7 Å². The van der Waals surface area contributed by atoms with Crippen molar-refractivity contribution in [3.63, 3.8) is 0 Å². The minimum absolute atomic E-state index is 0.556. The predicted octanol–water partition coefficient (Wildman–Crippen LogP) is 2.37. The van der Waals surface area contributed by atoms with Crippen molar-refractivity contribution in [1.29, 1.82) is 0 Å². The molecule has 0 unspecified atom stereocenters. The van der Waals surface area contributed by atoms with Crippen LogP contribution in [-0.4, -0.2) is 29.3 Å². The van der Waals surface area contributed by atoms with E-state index in [1.807, 2.05) is 0 Å². The van der Waals surface area contributed by atoms with Crippen LogP contribution in [0.5, 0.6) is 0 Å². The van der Waals surface area contributed by atoms with Crippen LogP contribution in [0.2, 0.25) is 0 Å². The molecule has 1 heterocycles. The second kappa shape index (κ2) is 6.69. The Morgan fingerprint density at radius 3 is 2.39 bits per heavy atom. The van der Waals surface area contributed by atoms with Gasteiger partial charge in [-0.15, -0.1) is 5.10 Å². The van der Waals surface area contributed by atoms with Gasteiger partial charge in [0.15, 0.2) is 0 Å². The van der Waals surface area contributed by atoms with Crippen LogP contribution in [-0.2, 0) is 6.42 Å². The normalized spacial score (nSPS) is 23.9. The Labute approximate surface area is 110 Å². The lowest BCUT2D eigenvalue weighted by Gasteiger charge is -2.29. The molecule has 0 aromatic carbocycles. The molecule has 2 rings (SSSR count). The Morgan fingerprint density at radius 1 is 1.11 bits per heavy atom. The van der Waals surface area contributed by atoms with E-state index in [9.17, 15) is 0 Å². The number of aryl methyl sites for hydroxylation is 1. The molecule has 1 aromatic rings. The topological polar surface area (TPSA) is 49.8 Å². The van der Waals surface area contributed by atoms with E-state index in [0.717, 1.165) is 24.4 Å². The maximum absolute atomic E-state index is 4.25. The molecule has 4 heteroatoms. The average Bonchev–Trinajstić information content (AvgIpc) is 2.42. The van der Waals surface area contributed by atoms with Crippen molar-refractivity contribution in [2.24, 2.45) is 0 Å². The first kappa shape index (κ1) is 13.3. The Kier molecular flexibility index (Phi) is 4.93. The van der Waals surface area contributed by atoms with Gasteiger partial charge < -0.3 is 10.6 Å². The average molecular weight is 248 g/mol. The lowest BCUT2D eigenvalue weighted by atomic mass is 9.91. The quantitative estimate of drug-likeness (QED) is 0.840. The second-order valence-electron chi connectivity index (χ2n) is 5.14. The van der Waals surface area contributed by atoms with Crippen molar-refractivity contribution in [3.05, 3.63) is 17.8 Å². The summed E-state index contributed by atoms with van der Waals surface area (Å²) < 4.78 is 0. The summed E-state index contributed by atoms with van der Waals surface area (Å²) in [4.78, 5) is 0. The minimum atomic E-state index is 0.556. The van der Waals surface area contributed by atoms with Crippen molar-refractivity contribution in [3.8, 4) is 0 Å². The van der Waals surface area contributed by atoms with E-state index in [-0.39, 0.29) is 0 Å². The summed E-state index contributed by atoms with van der Waals surface area (Å²) in [6, 6.07) is 5.39. The van der Waals surface area contributed by atoms with Crippen LogP contribution < -0.4 is 10.6 Å². The van der Waals surface area contributed by atoms with Crippen molar-refractivity contribution >= 4 is 5.82 Å². The smallest absolute Gasteiger partial charge is 0.148 e. The molecule has 0 saturated heterocycles. The maximum atomic E-state index is 4.25. The summed E-state index contributed by atoms with van der Waals surface area (Å²) in [5, 5.41) is 15.3. The minimum Gasteiger partial charge on any atom is -0.366 e. The first-order valence-corrected chi connectivity index (χ1v) is 7.08. The summed E-state index contributed by atoms with van der Waals surface area (Å²) in [5.41, 5.74) is 1.09. The number of aromatic nitrogens is 2. The molecule has 18 heavy (non-hydrogen) atoms. The van der Waals surface area contributed by atoms with Gasteiger partial charge >= 0.3 is 0 Å². The molecule has 0 aliphatic heterocycles. The molecule has 0 atom stereocenters. The van der Waals surface area contributed by atoms with E-state index in [0.29, 0.717) is 12.1 Å². The largest absolute Gasteiger partial charge is 0.366 e. The van der Waals surface area contributed by atoms with Crippen LogP contribution in [0, 0.1) is 0 Å². The monoisotopic (exact) mass is 248 g/mol. The third kappa shape index (κ3) is 3.67. The van der Waals surface area contributed by atoms with Gasteiger partial charge in [-0.25, -0.2) is 0 Å². The molecular weight excluding hydrogens is 224 g/mol. The molecule has 1 aromatic heterocycles. The van der Waals surface area contributed by atoms with Crippen molar-refractivity contribution in [2.75, 3.05) is 12.4 Å². The molecule has 2 N–H and O–H groups in total. The van der Waals surface area contributed by atoms with Gasteiger partial charge in [0, 0.05) is 12.1 Å². The highest BCUT2D eigenvalue weighted by Gasteiger charge is 2.19. The zero-order chi connectivity index (χ0) is 12.8. The molecule has 0 amide bonds. The molecule has 1 aliphatic rings. The van der Waals surface area contributed by atoms with Gasteiger partial charge in [0.05, 0.1) is 5.69 Å². The summed E-state index contributed by atoms with van der Waals surface area (Å²) in [5.74, 6) is 0.919. The van der Waals surface area contributed by atoms with Gasteiger partial charge in [0.25, 0.3) is 0 Å². The number of nitrogens with zero attached hydrogens (tertiary/aromatic N) is 2. The molecule has 1 aliphatic carbocycles. The Balaban J connectivity index is 1.82. The van der Waals surface area contributed by atoms with E-state index in [1.165, 1.54) is 25.7 Å². The van der Waals surface area contributed by atoms with E-state index >= 15 is 0 Å². The van der Waals surface area contributed by atoms with E-state index < -0.39 is 0 Å². The zero-order valence-corrected chi connectivity index (χ0v) is 11.4. The number of hydrogen-bond donors (Lipinski definition) is 2. The molecule has 4 nitrogen and oxygen atoms in total. The van der Waals surface area contributed by atoms with Crippen molar-refractivity contribution < 1.29 is 0 Å². The third-order valence-electron chi connectivity index (χ3n) is 3.71. The molecule has 0 spiro atoms.